The van der Waals surface area contributed by atoms with Crippen LogP contribution in [0.3, 0.4) is 0 Å². The van der Waals surface area contributed by atoms with E-state index in [4.69, 9.17) is 5.84 Å². The SMILES string of the molecule is CCC(C)Sc1cc(NN)ncn1. The van der Waals surface area contributed by atoms with Gasteiger partial charge in [0.1, 0.15) is 17.2 Å². The van der Waals surface area contributed by atoms with Crippen molar-refractivity contribution in [3.8, 4) is 0 Å². The molecule has 1 aromatic heterocycles. The van der Waals surface area contributed by atoms with Crippen molar-refractivity contribution in [3.05, 3.63) is 12.4 Å². The zero-order valence-corrected chi connectivity index (χ0v) is 8.64. The van der Waals surface area contributed by atoms with Crippen molar-refractivity contribution in [1.29, 1.82) is 0 Å². The van der Waals surface area contributed by atoms with Crippen LogP contribution >= 0.6 is 11.8 Å². The maximum Gasteiger partial charge on any atom is 0.144 e. The van der Waals surface area contributed by atoms with Crippen molar-refractivity contribution in [1.82, 2.24) is 9.97 Å². The molecular formula is C8H14N4S. The Labute approximate surface area is 82.3 Å². The number of rotatable bonds is 4. The van der Waals surface area contributed by atoms with Crippen LogP contribution in [-0.2, 0) is 0 Å². The third-order valence-electron chi connectivity index (χ3n) is 1.69. The zero-order chi connectivity index (χ0) is 9.68. The summed E-state index contributed by atoms with van der Waals surface area (Å²) in [5, 5.41) is 1.53. The van der Waals surface area contributed by atoms with E-state index < -0.39 is 0 Å². The number of nitrogen functional groups attached to an aromatic ring is 1. The largest absolute Gasteiger partial charge is 0.308 e. The van der Waals surface area contributed by atoms with Crippen molar-refractivity contribution in [2.45, 2.75) is 30.5 Å². The third-order valence-corrected chi connectivity index (χ3v) is 2.89. The fourth-order valence-electron chi connectivity index (χ4n) is 0.772. The highest BCUT2D eigenvalue weighted by atomic mass is 32.2. The van der Waals surface area contributed by atoms with Gasteiger partial charge in [-0.05, 0) is 6.42 Å². The van der Waals surface area contributed by atoms with Gasteiger partial charge in [0.2, 0.25) is 0 Å². The van der Waals surface area contributed by atoms with Gasteiger partial charge in [0, 0.05) is 11.3 Å². The molecule has 4 nitrogen and oxygen atoms in total. The summed E-state index contributed by atoms with van der Waals surface area (Å²) in [4.78, 5) is 8.06. The first-order valence-corrected chi connectivity index (χ1v) is 5.09. The van der Waals surface area contributed by atoms with Crippen molar-refractivity contribution in [2.75, 3.05) is 5.43 Å². The summed E-state index contributed by atoms with van der Waals surface area (Å²) in [5.41, 5.74) is 2.49. The highest BCUT2D eigenvalue weighted by Gasteiger charge is 2.03. The van der Waals surface area contributed by atoms with Crippen LogP contribution in [0.25, 0.3) is 0 Å². The average Bonchev–Trinajstić information content (AvgIpc) is 2.18. The Morgan fingerprint density at radius 1 is 1.62 bits per heavy atom. The highest BCUT2D eigenvalue weighted by Crippen LogP contribution is 2.23. The quantitative estimate of drug-likeness (QED) is 0.333. The Morgan fingerprint density at radius 2 is 2.38 bits per heavy atom. The number of anilines is 1. The smallest absolute Gasteiger partial charge is 0.144 e. The molecule has 0 aliphatic carbocycles. The molecular weight excluding hydrogens is 184 g/mol. The lowest BCUT2D eigenvalue weighted by Crippen LogP contribution is -2.08. The van der Waals surface area contributed by atoms with Crippen LogP contribution in [0, 0.1) is 0 Å². The van der Waals surface area contributed by atoms with Crippen molar-refractivity contribution in [2.24, 2.45) is 5.84 Å². The van der Waals surface area contributed by atoms with E-state index in [9.17, 15) is 0 Å². The minimum absolute atomic E-state index is 0.570. The van der Waals surface area contributed by atoms with Crippen LogP contribution in [0.2, 0.25) is 0 Å². The molecule has 3 N–H and O–H groups in total. The fraction of sp³-hybridized carbons (Fsp3) is 0.500. The summed E-state index contributed by atoms with van der Waals surface area (Å²) in [7, 11) is 0. The average molecular weight is 198 g/mol. The van der Waals surface area contributed by atoms with Gasteiger partial charge in [-0.2, -0.15) is 0 Å². The van der Waals surface area contributed by atoms with Gasteiger partial charge >= 0.3 is 0 Å². The van der Waals surface area contributed by atoms with Gasteiger partial charge in [-0.3, -0.25) is 0 Å². The maximum absolute atomic E-state index is 5.23. The standard InChI is InChI=1S/C8H14N4S/c1-3-6(2)13-8-4-7(12-9)10-5-11-8/h4-6H,3,9H2,1-2H3,(H,10,11,12). The summed E-state index contributed by atoms with van der Waals surface area (Å²) in [5.74, 6) is 5.89. The Balaban J connectivity index is 2.66. The molecule has 13 heavy (non-hydrogen) atoms. The fourth-order valence-corrected chi connectivity index (χ4v) is 1.64. The van der Waals surface area contributed by atoms with Gasteiger partial charge < -0.3 is 5.43 Å². The van der Waals surface area contributed by atoms with Crippen LogP contribution in [-0.4, -0.2) is 15.2 Å². The van der Waals surface area contributed by atoms with Crippen LogP contribution in [0.15, 0.2) is 17.4 Å². The number of thioether (sulfide) groups is 1. The molecule has 72 valence electrons. The van der Waals surface area contributed by atoms with E-state index in [1.807, 2.05) is 6.07 Å². The highest BCUT2D eigenvalue weighted by molar-refractivity contribution is 7.99. The number of nitrogens with two attached hydrogens (primary N) is 1. The lowest BCUT2D eigenvalue weighted by molar-refractivity contribution is 0.899. The Morgan fingerprint density at radius 3 is 3.00 bits per heavy atom. The Kier molecular flexibility index (Phi) is 3.98. The predicted octanol–water partition coefficient (Wildman–Crippen LogP) is 1.65. The van der Waals surface area contributed by atoms with Gasteiger partial charge in [0.25, 0.3) is 0 Å². The normalized spacial score (nSPS) is 12.5. The van der Waals surface area contributed by atoms with Crippen LogP contribution in [0.1, 0.15) is 20.3 Å². The van der Waals surface area contributed by atoms with Crippen molar-refractivity contribution < 1.29 is 0 Å². The molecule has 1 unspecified atom stereocenters. The predicted molar refractivity (Wildman–Crippen MR) is 55.5 cm³/mol. The third kappa shape index (κ3) is 3.20. The molecule has 0 saturated carbocycles. The molecule has 0 fully saturated rings. The lowest BCUT2D eigenvalue weighted by atomic mass is 10.4. The number of hydrogen-bond donors (Lipinski definition) is 2. The number of hydrogen-bond acceptors (Lipinski definition) is 5. The monoisotopic (exact) mass is 198 g/mol. The molecule has 0 bridgehead atoms. The van der Waals surface area contributed by atoms with Crippen molar-refractivity contribution in [3.63, 3.8) is 0 Å². The Bertz CT molecular complexity index is 266. The van der Waals surface area contributed by atoms with E-state index in [1.165, 1.54) is 6.33 Å². The van der Waals surface area contributed by atoms with Crippen molar-refractivity contribution >= 4 is 17.6 Å². The van der Waals surface area contributed by atoms with Crippen LogP contribution in [0.4, 0.5) is 5.82 Å². The molecule has 1 heterocycles. The second kappa shape index (κ2) is 5.04. The minimum atomic E-state index is 0.570. The second-order valence-corrected chi connectivity index (χ2v) is 4.18. The van der Waals surface area contributed by atoms with E-state index in [0.717, 1.165) is 11.4 Å². The molecule has 0 aromatic carbocycles. The summed E-state index contributed by atoms with van der Waals surface area (Å²) >= 11 is 1.73. The minimum Gasteiger partial charge on any atom is -0.308 e. The molecule has 0 saturated heterocycles. The lowest BCUT2D eigenvalue weighted by Gasteiger charge is -2.07. The molecule has 1 atom stereocenters. The zero-order valence-electron chi connectivity index (χ0n) is 7.82. The summed E-state index contributed by atoms with van der Waals surface area (Å²) in [6.07, 6.45) is 2.64. The second-order valence-electron chi connectivity index (χ2n) is 2.72. The van der Waals surface area contributed by atoms with E-state index in [1.54, 1.807) is 11.8 Å². The number of hydrazine groups is 1. The molecule has 0 radical (unpaired) electrons. The molecule has 0 aliphatic rings. The maximum atomic E-state index is 5.23. The molecule has 1 rings (SSSR count). The molecule has 0 aliphatic heterocycles. The summed E-state index contributed by atoms with van der Waals surface area (Å²) in [6, 6.07) is 1.84. The van der Waals surface area contributed by atoms with E-state index in [0.29, 0.717) is 11.1 Å². The summed E-state index contributed by atoms with van der Waals surface area (Å²) < 4.78 is 0. The first-order valence-electron chi connectivity index (χ1n) is 4.21. The molecule has 0 amide bonds. The van der Waals surface area contributed by atoms with E-state index in [-0.39, 0.29) is 0 Å². The van der Waals surface area contributed by atoms with Crippen LogP contribution < -0.4 is 11.3 Å². The van der Waals surface area contributed by atoms with E-state index in [2.05, 4.69) is 29.2 Å². The van der Waals surface area contributed by atoms with E-state index >= 15 is 0 Å². The molecule has 0 spiro atoms. The summed E-state index contributed by atoms with van der Waals surface area (Å²) in [6.45, 7) is 4.32. The first kappa shape index (κ1) is 10.3. The first-order chi connectivity index (χ1) is 6.26. The molecule has 5 heteroatoms. The van der Waals surface area contributed by atoms with Gasteiger partial charge in [-0.1, -0.05) is 13.8 Å². The van der Waals surface area contributed by atoms with Gasteiger partial charge in [0.05, 0.1) is 0 Å². The number of aromatic nitrogens is 2. The van der Waals surface area contributed by atoms with Crippen LogP contribution in [0.5, 0.6) is 0 Å². The topological polar surface area (TPSA) is 63.8 Å². The Hall–Kier alpha value is -0.810. The number of nitrogens with one attached hydrogen (secondary N) is 1. The number of nitrogens with zero attached hydrogens (tertiary/aromatic N) is 2. The molecule has 1 aromatic rings. The van der Waals surface area contributed by atoms with Gasteiger partial charge in [-0.15, -0.1) is 11.8 Å². The van der Waals surface area contributed by atoms with Gasteiger partial charge in [-0.25, -0.2) is 15.8 Å². The van der Waals surface area contributed by atoms with Gasteiger partial charge in [0.15, 0.2) is 0 Å².